The van der Waals surface area contributed by atoms with Crippen LogP contribution in [0.1, 0.15) is 44.2 Å². The Balaban J connectivity index is 1.55. The van der Waals surface area contributed by atoms with Gasteiger partial charge in [0.15, 0.2) is 0 Å². The third-order valence-electron chi connectivity index (χ3n) is 5.92. The first-order chi connectivity index (χ1) is 9.23. The Bertz CT molecular complexity index is 421. The molecule has 2 N–H and O–H groups in total. The van der Waals surface area contributed by atoms with E-state index in [2.05, 4.69) is 9.97 Å². The van der Waals surface area contributed by atoms with Gasteiger partial charge in [0.25, 0.3) is 0 Å². The van der Waals surface area contributed by atoms with Crippen molar-refractivity contribution in [3.63, 3.8) is 0 Å². The Labute approximate surface area is 115 Å². The fraction of sp³-hybridized carbons (Fsp3) is 0.750. The predicted molar refractivity (Wildman–Crippen MR) is 74.3 cm³/mol. The van der Waals surface area contributed by atoms with Gasteiger partial charge in [-0.25, -0.2) is 0 Å². The molecule has 0 aromatic carbocycles. The molecule has 4 aliphatic rings. The van der Waals surface area contributed by atoms with E-state index in [0.29, 0.717) is 5.41 Å². The minimum absolute atomic E-state index is 0.276. The molecule has 0 saturated heterocycles. The van der Waals surface area contributed by atoms with Crippen molar-refractivity contribution >= 4 is 0 Å². The maximum atomic E-state index is 6.64. The van der Waals surface area contributed by atoms with Gasteiger partial charge in [0.1, 0.15) is 0 Å². The molecular weight excluding hydrogens is 234 g/mol. The SMILES string of the molecule is NC(Cc1cnccn1)C12CC3CC(CC(C3)C1)C2. The van der Waals surface area contributed by atoms with Crippen LogP contribution in [0.4, 0.5) is 0 Å². The van der Waals surface area contributed by atoms with Crippen molar-refractivity contribution in [2.75, 3.05) is 0 Å². The first kappa shape index (κ1) is 11.8. The summed E-state index contributed by atoms with van der Waals surface area (Å²) in [6.07, 6.45) is 14.9. The second-order valence-electron chi connectivity index (χ2n) is 7.29. The molecule has 4 saturated carbocycles. The van der Waals surface area contributed by atoms with Gasteiger partial charge in [-0.3, -0.25) is 9.97 Å². The van der Waals surface area contributed by atoms with Crippen LogP contribution in [0.2, 0.25) is 0 Å². The number of hydrogen-bond donors (Lipinski definition) is 1. The van der Waals surface area contributed by atoms with Crippen LogP contribution in [0.15, 0.2) is 18.6 Å². The summed E-state index contributed by atoms with van der Waals surface area (Å²) in [4.78, 5) is 8.57. The van der Waals surface area contributed by atoms with Crippen LogP contribution >= 0.6 is 0 Å². The Morgan fingerprint density at radius 2 is 1.74 bits per heavy atom. The summed E-state index contributed by atoms with van der Waals surface area (Å²) in [6, 6.07) is 0.276. The monoisotopic (exact) mass is 257 g/mol. The first-order valence-corrected chi connectivity index (χ1v) is 7.74. The van der Waals surface area contributed by atoms with Gasteiger partial charge in [0, 0.05) is 31.1 Å². The predicted octanol–water partition coefficient (Wildman–Crippen LogP) is 2.56. The van der Waals surface area contributed by atoms with E-state index in [0.717, 1.165) is 29.9 Å². The zero-order chi connectivity index (χ0) is 12.9. The first-order valence-electron chi connectivity index (χ1n) is 7.74. The maximum absolute atomic E-state index is 6.64. The van der Waals surface area contributed by atoms with E-state index < -0.39 is 0 Å². The van der Waals surface area contributed by atoms with E-state index in [1.807, 2.05) is 6.20 Å². The molecular formula is C16H23N3. The van der Waals surface area contributed by atoms with E-state index in [9.17, 15) is 0 Å². The number of aromatic nitrogens is 2. The molecule has 0 radical (unpaired) electrons. The molecule has 1 unspecified atom stereocenters. The summed E-state index contributed by atoms with van der Waals surface area (Å²) in [7, 11) is 0. The van der Waals surface area contributed by atoms with E-state index in [1.54, 1.807) is 12.4 Å². The molecule has 3 heteroatoms. The van der Waals surface area contributed by atoms with Crippen molar-refractivity contribution in [3.05, 3.63) is 24.3 Å². The lowest BCUT2D eigenvalue weighted by atomic mass is 9.47. The molecule has 102 valence electrons. The minimum atomic E-state index is 0.276. The highest BCUT2D eigenvalue weighted by Gasteiger charge is 2.53. The van der Waals surface area contributed by atoms with Gasteiger partial charge < -0.3 is 5.73 Å². The molecule has 3 nitrogen and oxygen atoms in total. The van der Waals surface area contributed by atoms with Crippen molar-refractivity contribution < 1.29 is 0 Å². The second kappa shape index (κ2) is 4.27. The van der Waals surface area contributed by atoms with Crippen molar-refractivity contribution in [2.45, 2.75) is 51.0 Å². The Morgan fingerprint density at radius 3 is 2.26 bits per heavy atom. The average Bonchev–Trinajstić information content (AvgIpc) is 2.38. The molecule has 4 fully saturated rings. The van der Waals surface area contributed by atoms with Gasteiger partial charge in [0.2, 0.25) is 0 Å². The van der Waals surface area contributed by atoms with E-state index in [1.165, 1.54) is 38.5 Å². The fourth-order valence-corrected chi connectivity index (χ4v) is 5.51. The molecule has 1 heterocycles. The standard InChI is InChI=1S/C16H23N3/c17-15(6-14-10-18-1-2-19-14)16-7-11-3-12(8-16)5-13(4-11)9-16/h1-2,10-13,15H,3-9,17H2. The van der Waals surface area contributed by atoms with Gasteiger partial charge in [-0.1, -0.05) is 0 Å². The van der Waals surface area contributed by atoms with Crippen molar-refractivity contribution in [1.82, 2.24) is 9.97 Å². The van der Waals surface area contributed by atoms with Gasteiger partial charge >= 0.3 is 0 Å². The molecule has 4 bridgehead atoms. The Morgan fingerprint density at radius 1 is 1.11 bits per heavy atom. The van der Waals surface area contributed by atoms with Crippen molar-refractivity contribution in [2.24, 2.45) is 28.9 Å². The molecule has 19 heavy (non-hydrogen) atoms. The van der Waals surface area contributed by atoms with Gasteiger partial charge in [-0.05, 0) is 61.7 Å². The number of nitrogens with zero attached hydrogens (tertiary/aromatic N) is 2. The summed E-state index contributed by atoms with van der Waals surface area (Å²) < 4.78 is 0. The quantitative estimate of drug-likeness (QED) is 0.905. The van der Waals surface area contributed by atoms with Crippen LogP contribution < -0.4 is 5.73 Å². The molecule has 1 aromatic rings. The van der Waals surface area contributed by atoms with Crippen LogP contribution in [0.25, 0.3) is 0 Å². The van der Waals surface area contributed by atoms with Gasteiger partial charge in [0.05, 0.1) is 5.69 Å². The van der Waals surface area contributed by atoms with E-state index in [4.69, 9.17) is 5.73 Å². The fourth-order valence-electron chi connectivity index (χ4n) is 5.51. The maximum Gasteiger partial charge on any atom is 0.0602 e. The van der Waals surface area contributed by atoms with Crippen LogP contribution in [0, 0.1) is 23.2 Å². The lowest BCUT2D eigenvalue weighted by Gasteiger charge is -2.59. The molecule has 0 spiro atoms. The summed E-state index contributed by atoms with van der Waals surface area (Å²) in [6.45, 7) is 0. The highest BCUT2D eigenvalue weighted by molar-refractivity contribution is 5.09. The van der Waals surface area contributed by atoms with Crippen LogP contribution in [-0.4, -0.2) is 16.0 Å². The average molecular weight is 257 g/mol. The molecule has 0 amide bonds. The highest BCUT2D eigenvalue weighted by Crippen LogP contribution is 2.61. The number of hydrogen-bond acceptors (Lipinski definition) is 3. The topological polar surface area (TPSA) is 51.8 Å². The smallest absolute Gasteiger partial charge is 0.0602 e. The zero-order valence-electron chi connectivity index (χ0n) is 11.5. The molecule has 4 aliphatic carbocycles. The second-order valence-corrected chi connectivity index (χ2v) is 7.29. The lowest BCUT2D eigenvalue weighted by molar-refractivity contribution is -0.0669. The summed E-state index contributed by atoms with van der Waals surface area (Å²) in [5, 5.41) is 0. The van der Waals surface area contributed by atoms with E-state index >= 15 is 0 Å². The molecule has 1 atom stereocenters. The summed E-state index contributed by atoms with van der Waals surface area (Å²) in [5.41, 5.74) is 8.12. The molecule has 5 rings (SSSR count). The van der Waals surface area contributed by atoms with Crippen LogP contribution in [0.3, 0.4) is 0 Å². The van der Waals surface area contributed by atoms with E-state index in [-0.39, 0.29) is 6.04 Å². The Hall–Kier alpha value is -0.960. The van der Waals surface area contributed by atoms with Crippen LogP contribution in [0.5, 0.6) is 0 Å². The number of nitrogens with two attached hydrogens (primary N) is 1. The number of rotatable bonds is 3. The highest BCUT2D eigenvalue weighted by atomic mass is 14.8. The molecule has 0 aliphatic heterocycles. The lowest BCUT2D eigenvalue weighted by Crippen LogP contribution is -2.55. The normalized spacial score (nSPS) is 41.4. The van der Waals surface area contributed by atoms with Crippen LogP contribution in [-0.2, 0) is 6.42 Å². The minimum Gasteiger partial charge on any atom is -0.327 e. The van der Waals surface area contributed by atoms with Crippen molar-refractivity contribution in [3.8, 4) is 0 Å². The van der Waals surface area contributed by atoms with Gasteiger partial charge in [-0.15, -0.1) is 0 Å². The third-order valence-corrected chi connectivity index (χ3v) is 5.92. The van der Waals surface area contributed by atoms with Crippen molar-refractivity contribution in [1.29, 1.82) is 0 Å². The molecule has 1 aromatic heterocycles. The van der Waals surface area contributed by atoms with Gasteiger partial charge in [-0.2, -0.15) is 0 Å². The Kier molecular flexibility index (Phi) is 2.66. The summed E-state index contributed by atoms with van der Waals surface area (Å²) >= 11 is 0. The summed E-state index contributed by atoms with van der Waals surface area (Å²) in [5.74, 6) is 2.91. The largest absolute Gasteiger partial charge is 0.327 e. The zero-order valence-corrected chi connectivity index (χ0v) is 11.5. The third kappa shape index (κ3) is 1.99.